The minimum absolute atomic E-state index is 0.0440. The summed E-state index contributed by atoms with van der Waals surface area (Å²) in [6, 6.07) is 8.69. The van der Waals surface area contributed by atoms with Crippen LogP contribution in [0.25, 0.3) is 22.3 Å². The normalized spacial score (nSPS) is 14.7. The summed E-state index contributed by atoms with van der Waals surface area (Å²) in [4.78, 5) is 64.6. The Morgan fingerprint density at radius 1 is 1.12 bits per heavy atom. The molecule has 13 nitrogen and oxygen atoms in total. The van der Waals surface area contributed by atoms with Gasteiger partial charge in [0, 0.05) is 42.3 Å². The number of nitrogens with two attached hydrogens (primary N) is 1. The van der Waals surface area contributed by atoms with Gasteiger partial charge in [0.2, 0.25) is 0 Å². The number of anilines is 2. The summed E-state index contributed by atoms with van der Waals surface area (Å²) in [6.45, 7) is 2.05. The first-order valence-corrected chi connectivity index (χ1v) is 13.1. The van der Waals surface area contributed by atoms with E-state index in [0.29, 0.717) is 36.8 Å². The molecule has 0 spiro atoms. The van der Waals surface area contributed by atoms with E-state index in [0.717, 1.165) is 0 Å². The Labute approximate surface area is 244 Å². The van der Waals surface area contributed by atoms with E-state index < -0.39 is 29.5 Å². The SMILES string of the molecule is CC#CC(=O)N1CCCC1c1nc(-c2ccc(C(=O)Nc3ccccn3)cc2/C(=C/C(=O)O)C(=O)O)c2c(N)nccn12. The zero-order chi connectivity index (χ0) is 30.7. The monoisotopic (exact) mass is 579 g/mol. The van der Waals surface area contributed by atoms with Gasteiger partial charge in [0.15, 0.2) is 0 Å². The number of carboxylic acids is 2. The third kappa shape index (κ3) is 5.62. The van der Waals surface area contributed by atoms with E-state index in [1.54, 1.807) is 40.6 Å². The van der Waals surface area contributed by atoms with Gasteiger partial charge >= 0.3 is 11.9 Å². The molecule has 43 heavy (non-hydrogen) atoms. The number of hydrogen-bond donors (Lipinski definition) is 4. The number of benzene rings is 1. The molecule has 4 aromatic rings. The van der Waals surface area contributed by atoms with Crippen LogP contribution in [0, 0.1) is 11.8 Å². The maximum Gasteiger partial charge on any atom is 0.336 e. The van der Waals surface area contributed by atoms with Gasteiger partial charge in [0.1, 0.15) is 28.7 Å². The van der Waals surface area contributed by atoms with Gasteiger partial charge in [-0.3, -0.25) is 14.0 Å². The highest BCUT2D eigenvalue weighted by atomic mass is 16.4. The topological polar surface area (TPSA) is 193 Å². The molecule has 1 aromatic carbocycles. The van der Waals surface area contributed by atoms with E-state index in [-0.39, 0.29) is 39.9 Å². The van der Waals surface area contributed by atoms with E-state index in [2.05, 4.69) is 27.1 Å². The summed E-state index contributed by atoms with van der Waals surface area (Å²) in [5.74, 6) is 1.99. The number of fused-ring (bicyclic) bond motifs is 1. The number of carboxylic acid groups (broad SMARTS) is 2. The highest BCUT2D eigenvalue weighted by molar-refractivity contribution is 6.22. The van der Waals surface area contributed by atoms with Crippen LogP contribution in [0.4, 0.5) is 11.6 Å². The first-order chi connectivity index (χ1) is 20.7. The van der Waals surface area contributed by atoms with Crippen molar-refractivity contribution >= 4 is 46.5 Å². The summed E-state index contributed by atoms with van der Waals surface area (Å²) < 4.78 is 1.68. The molecule has 0 aliphatic carbocycles. The zero-order valence-electron chi connectivity index (χ0n) is 22.8. The van der Waals surface area contributed by atoms with Crippen LogP contribution in [0.2, 0.25) is 0 Å². The molecule has 5 N–H and O–H groups in total. The molecule has 1 aliphatic rings. The zero-order valence-corrected chi connectivity index (χ0v) is 22.8. The van der Waals surface area contributed by atoms with Crippen molar-refractivity contribution < 1.29 is 29.4 Å². The quantitative estimate of drug-likeness (QED) is 0.187. The second kappa shape index (κ2) is 11.8. The molecule has 0 radical (unpaired) electrons. The third-order valence-corrected chi connectivity index (χ3v) is 6.89. The fraction of sp³-hybridized carbons (Fsp3) is 0.167. The fourth-order valence-electron chi connectivity index (χ4n) is 5.09. The molecule has 1 aliphatic heterocycles. The predicted octanol–water partition coefficient (Wildman–Crippen LogP) is 2.87. The van der Waals surface area contributed by atoms with Gasteiger partial charge < -0.3 is 26.2 Å². The number of carbonyl (C=O) groups excluding carboxylic acids is 2. The Kier molecular flexibility index (Phi) is 7.84. The number of aromatic nitrogens is 4. The van der Waals surface area contributed by atoms with Crippen molar-refractivity contribution in [3.8, 4) is 23.1 Å². The Bertz CT molecular complexity index is 1870. The van der Waals surface area contributed by atoms with E-state index in [9.17, 15) is 29.4 Å². The maximum absolute atomic E-state index is 13.1. The second-order valence-electron chi connectivity index (χ2n) is 9.51. The number of pyridine rings is 1. The van der Waals surface area contributed by atoms with Gasteiger partial charge in [-0.2, -0.15) is 0 Å². The van der Waals surface area contributed by atoms with Crippen LogP contribution in [-0.4, -0.2) is 64.8 Å². The van der Waals surface area contributed by atoms with E-state index in [1.807, 2.05) is 0 Å². The number of carbonyl (C=O) groups is 4. The van der Waals surface area contributed by atoms with Crippen molar-refractivity contribution in [1.29, 1.82) is 0 Å². The Balaban J connectivity index is 1.72. The molecular formula is C30H25N7O6. The van der Waals surface area contributed by atoms with Gasteiger partial charge in [-0.25, -0.2) is 24.5 Å². The van der Waals surface area contributed by atoms with Crippen LogP contribution in [-0.2, 0) is 14.4 Å². The van der Waals surface area contributed by atoms with E-state index in [1.165, 1.54) is 30.6 Å². The summed E-state index contributed by atoms with van der Waals surface area (Å²) in [7, 11) is 0. The maximum atomic E-state index is 13.1. The first kappa shape index (κ1) is 28.5. The molecule has 1 atom stereocenters. The molecule has 0 saturated carbocycles. The van der Waals surface area contributed by atoms with Crippen molar-refractivity contribution in [2.24, 2.45) is 0 Å². The number of amides is 2. The van der Waals surface area contributed by atoms with Gasteiger partial charge in [-0.15, -0.1) is 0 Å². The Morgan fingerprint density at radius 2 is 1.93 bits per heavy atom. The minimum atomic E-state index is -1.54. The first-order valence-electron chi connectivity index (χ1n) is 13.1. The molecule has 1 saturated heterocycles. The molecule has 13 heteroatoms. The summed E-state index contributed by atoms with van der Waals surface area (Å²) in [6.07, 6.45) is 6.45. The van der Waals surface area contributed by atoms with Gasteiger partial charge in [-0.1, -0.05) is 18.1 Å². The lowest BCUT2D eigenvalue weighted by Gasteiger charge is -2.21. The molecule has 1 fully saturated rings. The highest BCUT2D eigenvalue weighted by Gasteiger charge is 2.34. The summed E-state index contributed by atoms with van der Waals surface area (Å²) >= 11 is 0. The van der Waals surface area contributed by atoms with Crippen molar-refractivity contribution in [3.05, 3.63) is 78.0 Å². The van der Waals surface area contributed by atoms with Crippen molar-refractivity contribution in [3.63, 3.8) is 0 Å². The number of imidazole rings is 1. The number of nitrogen functional groups attached to an aromatic ring is 1. The lowest BCUT2D eigenvalue weighted by molar-refractivity contribution is -0.133. The highest BCUT2D eigenvalue weighted by Crippen LogP contribution is 2.39. The molecule has 0 bridgehead atoms. The predicted molar refractivity (Wildman–Crippen MR) is 155 cm³/mol. The number of nitrogens with one attached hydrogen (secondary N) is 1. The van der Waals surface area contributed by atoms with Crippen LogP contribution in [0.5, 0.6) is 0 Å². The molecule has 2 amide bonds. The van der Waals surface area contributed by atoms with Crippen LogP contribution >= 0.6 is 0 Å². The largest absolute Gasteiger partial charge is 0.478 e. The molecule has 1 unspecified atom stereocenters. The molecule has 216 valence electrons. The number of aliphatic carboxylic acids is 2. The molecule has 5 rings (SSSR count). The minimum Gasteiger partial charge on any atom is -0.478 e. The lowest BCUT2D eigenvalue weighted by Crippen LogP contribution is -2.30. The van der Waals surface area contributed by atoms with E-state index in [4.69, 9.17) is 10.7 Å². The van der Waals surface area contributed by atoms with Crippen LogP contribution < -0.4 is 11.1 Å². The number of likely N-dealkylation sites (tertiary alicyclic amines) is 1. The van der Waals surface area contributed by atoms with Crippen LogP contribution in [0.3, 0.4) is 0 Å². The Hall–Kier alpha value is -6.03. The molecular weight excluding hydrogens is 554 g/mol. The van der Waals surface area contributed by atoms with E-state index >= 15 is 0 Å². The van der Waals surface area contributed by atoms with Gasteiger partial charge in [0.25, 0.3) is 11.8 Å². The van der Waals surface area contributed by atoms with Crippen LogP contribution in [0.15, 0.2) is 61.1 Å². The number of nitrogens with zero attached hydrogens (tertiary/aromatic N) is 5. The van der Waals surface area contributed by atoms with Crippen LogP contribution in [0.1, 0.15) is 47.6 Å². The number of rotatable bonds is 7. The second-order valence-corrected chi connectivity index (χ2v) is 9.51. The van der Waals surface area contributed by atoms with Crippen molar-refractivity contribution in [1.82, 2.24) is 24.3 Å². The average Bonchev–Trinajstić information content (AvgIpc) is 3.62. The average molecular weight is 580 g/mol. The van der Waals surface area contributed by atoms with Crippen molar-refractivity contribution in [2.45, 2.75) is 25.8 Å². The molecule has 4 heterocycles. The number of hydrogen-bond acceptors (Lipinski definition) is 8. The lowest BCUT2D eigenvalue weighted by atomic mass is 9.94. The van der Waals surface area contributed by atoms with Gasteiger partial charge in [0.05, 0.1) is 11.6 Å². The summed E-state index contributed by atoms with van der Waals surface area (Å²) in [5.41, 5.74) is 6.39. The molecule has 3 aromatic heterocycles. The standard InChI is InChI=1S/C30H25N7O6/c1-2-6-23(38)36-13-5-7-21(36)28-35-25(26-27(31)33-12-14-37(26)28)18-10-9-17(29(41)34-22-8-3-4-11-32-22)15-19(18)20(30(42)43)16-24(39)40/h3-4,8-12,14-16,21H,5,7,13H2,1H3,(H2,31,33)(H,39,40)(H,42,43)(H,32,34,41)/b20-16-. The van der Waals surface area contributed by atoms with Gasteiger partial charge in [-0.05, 0) is 55.5 Å². The Morgan fingerprint density at radius 3 is 2.63 bits per heavy atom. The fourth-order valence-corrected chi connectivity index (χ4v) is 5.09. The third-order valence-electron chi connectivity index (χ3n) is 6.89. The van der Waals surface area contributed by atoms with Crippen molar-refractivity contribution in [2.75, 3.05) is 17.6 Å². The summed E-state index contributed by atoms with van der Waals surface area (Å²) in [5, 5.41) is 22.2. The smallest absolute Gasteiger partial charge is 0.336 e.